The first-order chi connectivity index (χ1) is 9.31. The maximum atomic E-state index is 2.34. The van der Waals surface area contributed by atoms with Gasteiger partial charge in [0.1, 0.15) is 0 Å². The summed E-state index contributed by atoms with van der Waals surface area (Å²) < 4.78 is 0. The zero-order valence-electron chi connectivity index (χ0n) is 11.7. The summed E-state index contributed by atoms with van der Waals surface area (Å²) >= 11 is 0. The van der Waals surface area contributed by atoms with Gasteiger partial charge in [-0.1, -0.05) is 73.5 Å². The van der Waals surface area contributed by atoms with Gasteiger partial charge in [0.15, 0.2) is 0 Å². The Morgan fingerprint density at radius 2 is 1.47 bits per heavy atom. The van der Waals surface area contributed by atoms with Crippen LogP contribution in [0.1, 0.15) is 42.7 Å². The minimum Gasteiger partial charge on any atom is -0.0622 e. The molecule has 19 heavy (non-hydrogen) atoms. The fourth-order valence-electron chi connectivity index (χ4n) is 3.72. The molecule has 0 bridgehead atoms. The van der Waals surface area contributed by atoms with Crippen LogP contribution in [-0.4, -0.2) is 10.2 Å². The fraction of sp³-hybridized carbons (Fsp3) is 0.333. The van der Waals surface area contributed by atoms with Gasteiger partial charge in [-0.05, 0) is 34.9 Å². The van der Waals surface area contributed by atoms with Crippen LogP contribution in [0.2, 0.25) is 0 Å². The second kappa shape index (κ2) is 5.34. The Morgan fingerprint density at radius 3 is 2.16 bits per heavy atom. The van der Waals surface area contributed by atoms with Crippen LogP contribution in [0.4, 0.5) is 0 Å². The molecule has 2 unspecified atom stereocenters. The SMILES string of the molecule is [SiH3]C1(c2ccccc2)CCCCC1c1ccccc1. The molecule has 1 heteroatoms. The normalized spacial score (nSPS) is 27.3. The second-order valence-electron chi connectivity index (χ2n) is 5.99. The fourth-order valence-corrected chi connectivity index (χ4v) is 5.03. The predicted octanol–water partition coefficient (Wildman–Crippen LogP) is 3.61. The molecule has 2 aromatic rings. The highest BCUT2D eigenvalue weighted by atomic mass is 28.1. The van der Waals surface area contributed by atoms with E-state index in [9.17, 15) is 0 Å². The Morgan fingerprint density at radius 1 is 0.842 bits per heavy atom. The molecule has 0 radical (unpaired) electrons. The molecule has 2 aromatic carbocycles. The van der Waals surface area contributed by atoms with Gasteiger partial charge in [0.2, 0.25) is 0 Å². The van der Waals surface area contributed by atoms with Crippen LogP contribution in [0.3, 0.4) is 0 Å². The van der Waals surface area contributed by atoms with Crippen LogP contribution in [0, 0.1) is 0 Å². The van der Waals surface area contributed by atoms with Crippen molar-refractivity contribution < 1.29 is 0 Å². The monoisotopic (exact) mass is 266 g/mol. The quantitative estimate of drug-likeness (QED) is 0.729. The molecule has 0 nitrogen and oxygen atoms in total. The molecule has 1 aliphatic carbocycles. The van der Waals surface area contributed by atoms with E-state index in [1.807, 2.05) is 0 Å². The highest BCUT2D eigenvalue weighted by molar-refractivity contribution is 6.16. The molecule has 0 saturated heterocycles. The third kappa shape index (κ3) is 2.39. The number of hydrogen-bond acceptors (Lipinski definition) is 0. The molecular weight excluding hydrogens is 244 g/mol. The molecule has 0 heterocycles. The average Bonchev–Trinajstić information content (AvgIpc) is 2.49. The summed E-state index contributed by atoms with van der Waals surface area (Å²) in [5, 5.41) is 0.431. The molecular formula is C18H22Si. The van der Waals surface area contributed by atoms with Crippen molar-refractivity contribution in [3.63, 3.8) is 0 Å². The van der Waals surface area contributed by atoms with Crippen LogP contribution in [0.5, 0.6) is 0 Å². The molecule has 0 aromatic heterocycles. The number of hydrogen-bond donors (Lipinski definition) is 0. The number of benzene rings is 2. The minimum absolute atomic E-state index is 0.431. The van der Waals surface area contributed by atoms with Crippen LogP contribution >= 0.6 is 0 Å². The second-order valence-corrected chi connectivity index (χ2v) is 7.78. The largest absolute Gasteiger partial charge is 0.0622 e. The average molecular weight is 266 g/mol. The summed E-state index contributed by atoms with van der Waals surface area (Å²) in [6.07, 6.45) is 5.49. The minimum atomic E-state index is 0.431. The standard InChI is InChI=1S/C18H22Si/c19-18(16-11-5-2-6-12-16)14-8-7-13-17(18)15-9-3-1-4-10-15/h1-6,9-12,17H,7-8,13-14H2,19H3. The van der Waals surface area contributed by atoms with E-state index in [4.69, 9.17) is 0 Å². The number of rotatable bonds is 2. The zero-order valence-corrected chi connectivity index (χ0v) is 13.7. The first kappa shape index (κ1) is 12.7. The smallest absolute Gasteiger partial charge is 0.0170 e. The topological polar surface area (TPSA) is 0 Å². The van der Waals surface area contributed by atoms with Crippen LogP contribution in [0.25, 0.3) is 0 Å². The van der Waals surface area contributed by atoms with Crippen molar-refractivity contribution in [2.45, 2.75) is 36.6 Å². The van der Waals surface area contributed by atoms with Gasteiger partial charge in [0.05, 0.1) is 0 Å². The maximum Gasteiger partial charge on any atom is 0.0170 e. The van der Waals surface area contributed by atoms with Crippen molar-refractivity contribution in [3.05, 3.63) is 71.8 Å². The molecule has 0 amide bonds. The highest BCUT2D eigenvalue weighted by Gasteiger charge is 2.38. The summed E-state index contributed by atoms with van der Waals surface area (Å²) in [4.78, 5) is 0. The van der Waals surface area contributed by atoms with Gasteiger partial charge in [-0.15, -0.1) is 0 Å². The van der Waals surface area contributed by atoms with Crippen molar-refractivity contribution >= 4 is 10.2 Å². The Balaban J connectivity index is 2.02. The molecule has 2 atom stereocenters. The van der Waals surface area contributed by atoms with Gasteiger partial charge in [-0.2, -0.15) is 0 Å². The Hall–Kier alpha value is -1.34. The van der Waals surface area contributed by atoms with E-state index in [1.165, 1.54) is 35.9 Å². The van der Waals surface area contributed by atoms with Crippen LogP contribution < -0.4 is 0 Å². The van der Waals surface area contributed by atoms with Crippen molar-refractivity contribution in [1.29, 1.82) is 0 Å². The van der Waals surface area contributed by atoms with Gasteiger partial charge in [0, 0.05) is 10.2 Å². The highest BCUT2D eigenvalue weighted by Crippen LogP contribution is 2.46. The molecule has 98 valence electrons. The van der Waals surface area contributed by atoms with E-state index in [2.05, 4.69) is 60.7 Å². The summed E-state index contributed by atoms with van der Waals surface area (Å²) in [5.41, 5.74) is 3.11. The van der Waals surface area contributed by atoms with E-state index in [-0.39, 0.29) is 0 Å². The lowest BCUT2D eigenvalue weighted by Crippen LogP contribution is -2.37. The van der Waals surface area contributed by atoms with Crippen molar-refractivity contribution in [2.24, 2.45) is 0 Å². The zero-order chi connectivity index (χ0) is 13.1. The predicted molar refractivity (Wildman–Crippen MR) is 85.7 cm³/mol. The third-order valence-corrected chi connectivity index (χ3v) is 6.62. The van der Waals surface area contributed by atoms with Gasteiger partial charge in [0.25, 0.3) is 0 Å². The Bertz CT molecular complexity index is 520. The first-order valence-electron chi connectivity index (χ1n) is 7.41. The van der Waals surface area contributed by atoms with Crippen LogP contribution in [-0.2, 0) is 5.04 Å². The van der Waals surface area contributed by atoms with Crippen molar-refractivity contribution in [3.8, 4) is 0 Å². The van der Waals surface area contributed by atoms with Crippen LogP contribution in [0.15, 0.2) is 60.7 Å². The summed E-state index contributed by atoms with van der Waals surface area (Å²) in [6, 6.07) is 22.4. The Labute approximate surface area is 119 Å². The molecule has 1 saturated carbocycles. The lowest BCUT2D eigenvalue weighted by molar-refractivity contribution is 0.343. The lowest BCUT2D eigenvalue weighted by Gasteiger charge is -2.42. The van der Waals surface area contributed by atoms with Crippen molar-refractivity contribution in [1.82, 2.24) is 0 Å². The summed E-state index contributed by atoms with van der Waals surface area (Å²) in [6.45, 7) is 0. The summed E-state index contributed by atoms with van der Waals surface area (Å²) in [5.74, 6) is 0.719. The van der Waals surface area contributed by atoms with Crippen molar-refractivity contribution in [2.75, 3.05) is 0 Å². The van der Waals surface area contributed by atoms with E-state index in [1.54, 1.807) is 11.1 Å². The Kier molecular flexibility index (Phi) is 3.56. The van der Waals surface area contributed by atoms with Gasteiger partial charge < -0.3 is 0 Å². The summed E-state index contributed by atoms with van der Waals surface area (Å²) in [7, 11) is 1.24. The lowest BCUT2D eigenvalue weighted by atomic mass is 9.71. The molecule has 0 spiro atoms. The van der Waals surface area contributed by atoms with Gasteiger partial charge in [-0.25, -0.2) is 0 Å². The first-order valence-corrected chi connectivity index (χ1v) is 8.41. The molecule has 1 aliphatic rings. The third-order valence-electron chi connectivity index (χ3n) is 4.84. The molecule has 0 N–H and O–H groups in total. The van der Waals surface area contributed by atoms with Gasteiger partial charge >= 0.3 is 0 Å². The van der Waals surface area contributed by atoms with E-state index < -0.39 is 0 Å². The van der Waals surface area contributed by atoms with E-state index in [0.717, 1.165) is 5.92 Å². The van der Waals surface area contributed by atoms with Gasteiger partial charge in [-0.3, -0.25) is 0 Å². The maximum absolute atomic E-state index is 2.34. The van der Waals surface area contributed by atoms with E-state index >= 15 is 0 Å². The molecule has 0 aliphatic heterocycles. The molecule has 1 fully saturated rings. The molecule has 3 rings (SSSR count). The van der Waals surface area contributed by atoms with E-state index in [0.29, 0.717) is 5.04 Å².